The van der Waals surface area contributed by atoms with Gasteiger partial charge in [-0.15, -0.1) is 0 Å². The van der Waals surface area contributed by atoms with E-state index in [0.29, 0.717) is 6.54 Å². The lowest BCUT2D eigenvalue weighted by Gasteiger charge is -2.11. The minimum atomic E-state index is 0.111. The van der Waals surface area contributed by atoms with Crippen molar-refractivity contribution in [2.24, 2.45) is 5.92 Å². The minimum absolute atomic E-state index is 0.111. The van der Waals surface area contributed by atoms with E-state index in [9.17, 15) is 4.79 Å². The third kappa shape index (κ3) is 4.90. The van der Waals surface area contributed by atoms with Crippen LogP contribution in [0.15, 0.2) is 24.3 Å². The van der Waals surface area contributed by atoms with Crippen molar-refractivity contribution in [1.82, 2.24) is 5.32 Å². The van der Waals surface area contributed by atoms with Crippen LogP contribution in [-0.2, 0) is 16.7 Å². The molecule has 1 aromatic rings. The molecular formula is C14H20BrNO. The molecule has 0 fully saturated rings. The molecule has 1 atom stereocenters. The second-order valence-corrected chi connectivity index (χ2v) is 4.92. The Morgan fingerprint density at radius 2 is 2.12 bits per heavy atom. The lowest BCUT2D eigenvalue weighted by atomic mass is 10.1. The summed E-state index contributed by atoms with van der Waals surface area (Å²) >= 11 is 3.43. The number of nitrogens with one attached hydrogen (secondary N) is 1. The molecule has 2 nitrogen and oxygen atoms in total. The van der Waals surface area contributed by atoms with Gasteiger partial charge in [0.1, 0.15) is 0 Å². The Balaban J connectivity index is 2.46. The quantitative estimate of drug-likeness (QED) is 0.798. The van der Waals surface area contributed by atoms with Gasteiger partial charge in [0.25, 0.3) is 0 Å². The summed E-state index contributed by atoms with van der Waals surface area (Å²) in [6.45, 7) is 4.70. The molecular weight excluding hydrogens is 278 g/mol. The lowest BCUT2D eigenvalue weighted by Crippen LogP contribution is -2.28. The van der Waals surface area contributed by atoms with E-state index in [1.54, 1.807) is 0 Å². The number of carbonyl (C=O) groups is 1. The molecule has 1 rings (SSSR count). The van der Waals surface area contributed by atoms with Crippen LogP contribution in [0.25, 0.3) is 0 Å². The first-order valence-corrected chi connectivity index (χ1v) is 7.21. The first kappa shape index (κ1) is 14.2. The van der Waals surface area contributed by atoms with E-state index in [1.807, 2.05) is 19.1 Å². The summed E-state index contributed by atoms with van der Waals surface area (Å²) in [5, 5.41) is 3.83. The van der Waals surface area contributed by atoms with E-state index in [0.717, 1.165) is 23.7 Å². The Morgan fingerprint density at radius 3 is 2.76 bits per heavy atom. The Hall–Kier alpha value is -0.830. The van der Waals surface area contributed by atoms with Crippen molar-refractivity contribution in [3.63, 3.8) is 0 Å². The van der Waals surface area contributed by atoms with Gasteiger partial charge in [0, 0.05) is 17.8 Å². The second-order valence-electron chi connectivity index (χ2n) is 4.36. The molecule has 1 unspecified atom stereocenters. The highest BCUT2D eigenvalue weighted by Gasteiger charge is 2.10. The van der Waals surface area contributed by atoms with Gasteiger partial charge in [-0.25, -0.2) is 0 Å². The average molecular weight is 298 g/mol. The summed E-state index contributed by atoms with van der Waals surface area (Å²) in [4.78, 5) is 11.7. The van der Waals surface area contributed by atoms with Crippen molar-refractivity contribution in [3.05, 3.63) is 35.4 Å². The highest BCUT2D eigenvalue weighted by atomic mass is 79.9. The molecule has 0 saturated carbocycles. The summed E-state index contributed by atoms with van der Waals surface area (Å²) in [6, 6.07) is 8.24. The molecule has 3 heteroatoms. The van der Waals surface area contributed by atoms with Crippen molar-refractivity contribution < 1.29 is 4.79 Å². The van der Waals surface area contributed by atoms with Crippen molar-refractivity contribution in [1.29, 1.82) is 0 Å². The van der Waals surface area contributed by atoms with E-state index in [2.05, 4.69) is 40.3 Å². The Morgan fingerprint density at radius 1 is 1.41 bits per heavy atom. The number of amides is 1. The number of rotatable bonds is 6. The van der Waals surface area contributed by atoms with Gasteiger partial charge in [-0.05, 0) is 17.5 Å². The molecule has 0 aromatic heterocycles. The molecule has 1 aromatic carbocycles. The maximum Gasteiger partial charge on any atom is 0.223 e. The van der Waals surface area contributed by atoms with E-state index in [4.69, 9.17) is 0 Å². The fourth-order valence-corrected chi connectivity index (χ4v) is 2.10. The van der Waals surface area contributed by atoms with Crippen LogP contribution in [0.2, 0.25) is 0 Å². The largest absolute Gasteiger partial charge is 0.352 e. The highest BCUT2D eigenvalue weighted by Crippen LogP contribution is 2.09. The first-order valence-electron chi connectivity index (χ1n) is 6.08. The molecule has 94 valence electrons. The Kier molecular flexibility index (Phi) is 6.27. The summed E-state index contributed by atoms with van der Waals surface area (Å²) in [5.74, 6) is 0.260. The molecule has 0 radical (unpaired) electrons. The monoisotopic (exact) mass is 297 g/mol. The molecule has 1 N–H and O–H groups in total. The van der Waals surface area contributed by atoms with Crippen molar-refractivity contribution in [3.8, 4) is 0 Å². The molecule has 0 aliphatic rings. The van der Waals surface area contributed by atoms with Crippen molar-refractivity contribution in [2.75, 3.05) is 0 Å². The number of halogens is 1. The number of hydrogen-bond acceptors (Lipinski definition) is 1. The van der Waals surface area contributed by atoms with Gasteiger partial charge in [-0.2, -0.15) is 0 Å². The van der Waals surface area contributed by atoms with Crippen LogP contribution >= 0.6 is 15.9 Å². The number of benzene rings is 1. The molecule has 0 aliphatic heterocycles. The summed E-state index contributed by atoms with van der Waals surface area (Å²) < 4.78 is 0. The Bertz CT molecular complexity index is 365. The van der Waals surface area contributed by atoms with Crippen LogP contribution in [-0.4, -0.2) is 5.91 Å². The van der Waals surface area contributed by atoms with E-state index in [1.165, 1.54) is 5.56 Å². The fourth-order valence-electron chi connectivity index (χ4n) is 1.75. The van der Waals surface area contributed by atoms with Crippen molar-refractivity contribution >= 4 is 21.8 Å². The van der Waals surface area contributed by atoms with Gasteiger partial charge in [-0.3, -0.25) is 4.79 Å². The van der Waals surface area contributed by atoms with Crippen LogP contribution in [0, 0.1) is 5.92 Å². The zero-order valence-electron chi connectivity index (χ0n) is 10.5. The summed E-state index contributed by atoms with van der Waals surface area (Å²) in [7, 11) is 0. The van der Waals surface area contributed by atoms with Gasteiger partial charge >= 0.3 is 0 Å². The van der Waals surface area contributed by atoms with Crippen LogP contribution in [0.1, 0.15) is 37.8 Å². The van der Waals surface area contributed by atoms with Gasteiger partial charge in [0.15, 0.2) is 0 Å². The normalized spacial score (nSPS) is 12.2. The number of hydrogen-bond donors (Lipinski definition) is 1. The molecule has 0 saturated heterocycles. The maximum atomic E-state index is 11.7. The predicted molar refractivity (Wildman–Crippen MR) is 75.0 cm³/mol. The molecule has 0 bridgehead atoms. The highest BCUT2D eigenvalue weighted by molar-refractivity contribution is 9.08. The fraction of sp³-hybridized carbons (Fsp3) is 0.500. The molecule has 0 aliphatic carbocycles. The van der Waals surface area contributed by atoms with Crippen LogP contribution in [0.4, 0.5) is 0 Å². The molecule has 17 heavy (non-hydrogen) atoms. The minimum Gasteiger partial charge on any atom is -0.352 e. The topological polar surface area (TPSA) is 29.1 Å². The number of carbonyl (C=O) groups excluding carboxylic acids is 1. The molecule has 1 amide bonds. The first-order chi connectivity index (χ1) is 8.17. The second kappa shape index (κ2) is 7.49. The molecule has 0 heterocycles. The average Bonchev–Trinajstić information content (AvgIpc) is 2.36. The smallest absolute Gasteiger partial charge is 0.223 e. The van der Waals surface area contributed by atoms with E-state index in [-0.39, 0.29) is 11.8 Å². The van der Waals surface area contributed by atoms with Crippen LogP contribution in [0.3, 0.4) is 0 Å². The lowest BCUT2D eigenvalue weighted by molar-refractivity contribution is -0.124. The zero-order chi connectivity index (χ0) is 12.7. The summed E-state index contributed by atoms with van der Waals surface area (Å²) in [5.41, 5.74) is 2.39. The zero-order valence-corrected chi connectivity index (χ0v) is 12.1. The van der Waals surface area contributed by atoms with Gasteiger partial charge in [0.05, 0.1) is 0 Å². The molecule has 0 spiro atoms. The standard InChI is InChI=1S/C14H20BrNO/c1-3-5-11(2)14(17)16-10-13-7-4-6-12(8-13)9-15/h4,6-8,11H,3,5,9-10H2,1-2H3,(H,16,17). The van der Waals surface area contributed by atoms with Crippen LogP contribution < -0.4 is 5.32 Å². The predicted octanol–water partition coefficient (Wildman–Crippen LogP) is 3.63. The van der Waals surface area contributed by atoms with Gasteiger partial charge in [0.2, 0.25) is 5.91 Å². The maximum absolute atomic E-state index is 11.7. The Labute approximate surface area is 112 Å². The van der Waals surface area contributed by atoms with E-state index >= 15 is 0 Å². The summed E-state index contributed by atoms with van der Waals surface area (Å²) in [6.07, 6.45) is 2.00. The van der Waals surface area contributed by atoms with Gasteiger partial charge < -0.3 is 5.32 Å². The third-order valence-electron chi connectivity index (χ3n) is 2.78. The van der Waals surface area contributed by atoms with Crippen molar-refractivity contribution in [2.45, 2.75) is 38.6 Å². The third-order valence-corrected chi connectivity index (χ3v) is 3.43. The van der Waals surface area contributed by atoms with Crippen LogP contribution in [0.5, 0.6) is 0 Å². The SMILES string of the molecule is CCCC(C)C(=O)NCc1cccc(CBr)c1. The number of alkyl halides is 1. The van der Waals surface area contributed by atoms with Gasteiger partial charge in [-0.1, -0.05) is 60.5 Å². The van der Waals surface area contributed by atoms with E-state index < -0.39 is 0 Å².